The van der Waals surface area contributed by atoms with Crippen LogP contribution < -0.4 is 9.47 Å². The third-order valence-corrected chi connectivity index (χ3v) is 4.71. The Labute approximate surface area is 169 Å². The quantitative estimate of drug-likeness (QED) is 0.452. The lowest BCUT2D eigenvalue weighted by Crippen LogP contribution is -2.01. The second-order valence-electron chi connectivity index (χ2n) is 7.04. The second-order valence-corrected chi connectivity index (χ2v) is 7.04. The highest BCUT2D eigenvalue weighted by atomic mass is 16.5. The van der Waals surface area contributed by atoms with E-state index in [0.29, 0.717) is 13.2 Å². The monoisotopic (exact) mass is 377 g/mol. The summed E-state index contributed by atoms with van der Waals surface area (Å²) >= 11 is 0. The first-order valence-corrected chi connectivity index (χ1v) is 9.66. The van der Waals surface area contributed by atoms with Gasteiger partial charge in [-0.3, -0.25) is 4.99 Å². The van der Waals surface area contributed by atoms with Crippen LogP contribution in [0.1, 0.15) is 50.8 Å². The van der Waals surface area contributed by atoms with E-state index in [2.05, 4.69) is 37.6 Å². The molecule has 28 heavy (non-hydrogen) atoms. The predicted molar refractivity (Wildman–Crippen MR) is 119 cm³/mol. The Morgan fingerprint density at radius 2 is 1.71 bits per heavy atom. The maximum absolute atomic E-state index is 6.05. The molecule has 0 atom stereocenters. The largest absolute Gasteiger partial charge is 0.493 e. The van der Waals surface area contributed by atoms with E-state index in [1.165, 1.54) is 16.7 Å². The maximum atomic E-state index is 6.05. The zero-order valence-corrected chi connectivity index (χ0v) is 17.7. The van der Waals surface area contributed by atoms with Gasteiger partial charge < -0.3 is 9.47 Å². The van der Waals surface area contributed by atoms with Gasteiger partial charge in [0.1, 0.15) is 18.1 Å². The minimum Gasteiger partial charge on any atom is -0.493 e. The van der Waals surface area contributed by atoms with Gasteiger partial charge in [-0.05, 0) is 69.0 Å². The fourth-order valence-electron chi connectivity index (χ4n) is 2.72. The van der Waals surface area contributed by atoms with Crippen molar-refractivity contribution in [2.75, 3.05) is 6.61 Å². The Morgan fingerprint density at radius 1 is 1.04 bits per heavy atom. The number of ether oxygens (including phenoxy) is 2. The van der Waals surface area contributed by atoms with E-state index in [1.807, 2.05) is 57.3 Å². The SMILES string of the molecule is C=C(C)c1cc(OCC/C(C)=C(\C)N=CC)cc(OCc2ccccc2C)c1. The zero-order chi connectivity index (χ0) is 20.5. The van der Waals surface area contributed by atoms with Gasteiger partial charge in [-0.2, -0.15) is 0 Å². The van der Waals surface area contributed by atoms with Crippen LogP contribution in [0.15, 0.2) is 65.3 Å². The zero-order valence-electron chi connectivity index (χ0n) is 17.7. The maximum Gasteiger partial charge on any atom is 0.124 e. The van der Waals surface area contributed by atoms with E-state index in [4.69, 9.17) is 9.47 Å². The van der Waals surface area contributed by atoms with Gasteiger partial charge in [-0.15, -0.1) is 0 Å². The summed E-state index contributed by atoms with van der Waals surface area (Å²) in [7, 11) is 0. The average molecular weight is 378 g/mol. The Kier molecular flexibility index (Phi) is 8.06. The third-order valence-electron chi connectivity index (χ3n) is 4.71. The molecule has 0 aliphatic carbocycles. The molecule has 0 radical (unpaired) electrons. The van der Waals surface area contributed by atoms with Gasteiger partial charge in [-0.1, -0.05) is 36.4 Å². The molecule has 0 bridgehead atoms. The molecule has 0 fully saturated rings. The summed E-state index contributed by atoms with van der Waals surface area (Å²) in [6.07, 6.45) is 2.65. The van der Waals surface area contributed by atoms with E-state index in [-0.39, 0.29) is 0 Å². The number of rotatable bonds is 9. The highest BCUT2D eigenvalue weighted by Crippen LogP contribution is 2.28. The fourth-order valence-corrected chi connectivity index (χ4v) is 2.72. The van der Waals surface area contributed by atoms with Crippen LogP contribution in [-0.2, 0) is 6.61 Å². The third kappa shape index (κ3) is 6.41. The van der Waals surface area contributed by atoms with Crippen molar-refractivity contribution >= 4 is 11.8 Å². The van der Waals surface area contributed by atoms with Crippen LogP contribution in [0, 0.1) is 6.92 Å². The summed E-state index contributed by atoms with van der Waals surface area (Å²) < 4.78 is 12.1. The summed E-state index contributed by atoms with van der Waals surface area (Å²) in [5, 5.41) is 0. The van der Waals surface area contributed by atoms with Crippen LogP contribution in [-0.4, -0.2) is 12.8 Å². The fraction of sp³-hybridized carbons (Fsp3) is 0.320. The first-order chi connectivity index (χ1) is 13.4. The molecule has 0 saturated carbocycles. The molecule has 2 rings (SSSR count). The first kappa shape index (κ1) is 21.5. The number of benzene rings is 2. The van der Waals surface area contributed by atoms with Crippen molar-refractivity contribution < 1.29 is 9.47 Å². The number of hydrogen-bond acceptors (Lipinski definition) is 3. The normalized spacial score (nSPS) is 12.0. The highest BCUT2D eigenvalue weighted by molar-refractivity contribution is 5.64. The number of hydrogen-bond donors (Lipinski definition) is 0. The van der Waals surface area contributed by atoms with Crippen molar-refractivity contribution in [1.82, 2.24) is 0 Å². The van der Waals surface area contributed by atoms with Gasteiger partial charge >= 0.3 is 0 Å². The molecule has 3 heteroatoms. The first-order valence-electron chi connectivity index (χ1n) is 9.66. The van der Waals surface area contributed by atoms with Crippen LogP contribution in [0.2, 0.25) is 0 Å². The molecule has 0 amide bonds. The Balaban J connectivity index is 2.09. The molecule has 148 valence electrons. The van der Waals surface area contributed by atoms with Crippen molar-refractivity contribution in [3.05, 3.63) is 77.0 Å². The standard InChI is InChI=1S/C25H31NO2/c1-7-26-21(6)19(4)12-13-27-24-14-23(18(2)3)15-25(16-24)28-17-22-11-9-8-10-20(22)5/h7-11,14-16H,2,12-13,17H2,1,3-6H3/b21-19+,26-7?. The molecule has 0 aliphatic rings. The van der Waals surface area contributed by atoms with E-state index in [1.54, 1.807) is 0 Å². The van der Waals surface area contributed by atoms with Crippen molar-refractivity contribution in [3.63, 3.8) is 0 Å². The van der Waals surface area contributed by atoms with Crippen molar-refractivity contribution in [2.24, 2.45) is 4.99 Å². The molecular formula is C25H31NO2. The lowest BCUT2D eigenvalue weighted by Gasteiger charge is -2.14. The molecule has 0 N–H and O–H groups in total. The van der Waals surface area contributed by atoms with Crippen molar-refractivity contribution in [3.8, 4) is 11.5 Å². The average Bonchev–Trinajstić information content (AvgIpc) is 2.67. The van der Waals surface area contributed by atoms with Gasteiger partial charge in [0.05, 0.1) is 6.61 Å². The van der Waals surface area contributed by atoms with E-state index < -0.39 is 0 Å². The Morgan fingerprint density at radius 3 is 2.36 bits per heavy atom. The molecule has 0 unspecified atom stereocenters. The van der Waals surface area contributed by atoms with Gasteiger partial charge in [0, 0.05) is 24.4 Å². The van der Waals surface area contributed by atoms with Crippen LogP contribution in [0.5, 0.6) is 11.5 Å². The van der Waals surface area contributed by atoms with Crippen molar-refractivity contribution in [2.45, 2.75) is 47.6 Å². The number of aryl methyl sites for hydroxylation is 1. The van der Waals surface area contributed by atoms with E-state index in [9.17, 15) is 0 Å². The molecule has 0 heterocycles. The second kappa shape index (κ2) is 10.5. The molecule has 0 aliphatic heterocycles. The van der Waals surface area contributed by atoms with Crippen LogP contribution >= 0.6 is 0 Å². The molecule has 2 aromatic carbocycles. The van der Waals surface area contributed by atoms with Gasteiger partial charge in [0.2, 0.25) is 0 Å². The lowest BCUT2D eigenvalue weighted by atomic mass is 10.1. The summed E-state index contributed by atoms with van der Waals surface area (Å²) in [4.78, 5) is 4.33. The topological polar surface area (TPSA) is 30.8 Å². The Hall–Kier alpha value is -2.81. The van der Waals surface area contributed by atoms with Crippen LogP contribution in [0.25, 0.3) is 5.57 Å². The summed E-state index contributed by atoms with van der Waals surface area (Å²) in [6.45, 7) is 15.3. The van der Waals surface area contributed by atoms with Crippen LogP contribution in [0.3, 0.4) is 0 Å². The molecule has 0 aromatic heterocycles. The molecule has 0 saturated heterocycles. The highest BCUT2D eigenvalue weighted by Gasteiger charge is 2.06. The Bertz CT molecular complexity index is 878. The van der Waals surface area contributed by atoms with Crippen molar-refractivity contribution in [1.29, 1.82) is 0 Å². The number of allylic oxidation sites excluding steroid dienone is 2. The molecule has 0 spiro atoms. The van der Waals surface area contributed by atoms with Gasteiger partial charge in [-0.25, -0.2) is 0 Å². The molecule has 2 aromatic rings. The minimum atomic E-state index is 0.530. The van der Waals surface area contributed by atoms with E-state index in [0.717, 1.165) is 34.8 Å². The van der Waals surface area contributed by atoms with Crippen LogP contribution in [0.4, 0.5) is 0 Å². The smallest absolute Gasteiger partial charge is 0.124 e. The minimum absolute atomic E-state index is 0.530. The lowest BCUT2D eigenvalue weighted by molar-refractivity contribution is 0.295. The van der Waals surface area contributed by atoms with Gasteiger partial charge in [0.25, 0.3) is 0 Å². The number of aliphatic imine (C=N–C) groups is 1. The summed E-state index contributed by atoms with van der Waals surface area (Å²) in [6, 6.07) is 14.2. The number of nitrogens with zero attached hydrogens (tertiary/aromatic N) is 1. The van der Waals surface area contributed by atoms with Gasteiger partial charge in [0.15, 0.2) is 0 Å². The molecule has 3 nitrogen and oxygen atoms in total. The molecular weight excluding hydrogens is 346 g/mol. The van der Waals surface area contributed by atoms with E-state index >= 15 is 0 Å². The summed E-state index contributed by atoms with van der Waals surface area (Å²) in [5.41, 5.74) is 6.68. The predicted octanol–water partition coefficient (Wildman–Crippen LogP) is 6.76. The summed E-state index contributed by atoms with van der Waals surface area (Å²) in [5.74, 6) is 1.59.